The van der Waals surface area contributed by atoms with E-state index in [0.29, 0.717) is 22.5 Å². The molecule has 1 amide bonds. The summed E-state index contributed by atoms with van der Waals surface area (Å²) in [6.07, 6.45) is 2.46. The lowest BCUT2D eigenvalue weighted by Gasteiger charge is -2.17. The first-order valence-corrected chi connectivity index (χ1v) is 11.3. The number of benzene rings is 2. The Morgan fingerprint density at radius 2 is 1.88 bits per heavy atom. The summed E-state index contributed by atoms with van der Waals surface area (Å²) in [4.78, 5) is 14.7. The lowest BCUT2D eigenvalue weighted by atomic mass is 10.2. The van der Waals surface area contributed by atoms with Crippen LogP contribution in [-0.2, 0) is 11.4 Å². The fourth-order valence-electron chi connectivity index (χ4n) is 3.40. The number of amides is 1. The van der Waals surface area contributed by atoms with Crippen molar-refractivity contribution in [1.29, 1.82) is 0 Å². The summed E-state index contributed by atoms with van der Waals surface area (Å²) < 4.78 is 12.2. The molecule has 0 unspecified atom stereocenters. The van der Waals surface area contributed by atoms with E-state index in [-0.39, 0.29) is 18.3 Å². The van der Waals surface area contributed by atoms with Gasteiger partial charge in [-0.2, -0.15) is 0 Å². The van der Waals surface area contributed by atoms with Crippen LogP contribution in [0.3, 0.4) is 0 Å². The number of carbonyl (C=O) groups is 1. The molecule has 0 saturated carbocycles. The molecule has 0 radical (unpaired) electrons. The van der Waals surface area contributed by atoms with Crippen molar-refractivity contribution in [3.8, 4) is 11.5 Å². The summed E-state index contributed by atoms with van der Waals surface area (Å²) in [5.74, 6) is 7.88. The fraction of sp³-hybridized carbons (Fsp3) is 0.318. The molecule has 2 heterocycles. The van der Waals surface area contributed by atoms with E-state index in [0.717, 1.165) is 18.8 Å². The van der Waals surface area contributed by atoms with E-state index in [1.165, 1.54) is 35.0 Å². The smallest absolute Gasteiger partial charge is 0.234 e. The number of rotatable bonds is 9. The van der Waals surface area contributed by atoms with Gasteiger partial charge in [-0.1, -0.05) is 17.8 Å². The number of nitrogens with one attached hydrogen (secondary N) is 1. The van der Waals surface area contributed by atoms with E-state index in [1.807, 2.05) is 42.5 Å². The third-order valence-corrected chi connectivity index (χ3v) is 6.04. The van der Waals surface area contributed by atoms with Crippen LogP contribution >= 0.6 is 11.8 Å². The van der Waals surface area contributed by atoms with Crippen LogP contribution in [0.2, 0.25) is 0 Å². The zero-order valence-electron chi connectivity index (χ0n) is 17.9. The van der Waals surface area contributed by atoms with Crippen molar-refractivity contribution in [3.05, 3.63) is 54.4 Å². The van der Waals surface area contributed by atoms with Crippen molar-refractivity contribution in [2.24, 2.45) is 0 Å². The maximum Gasteiger partial charge on any atom is 0.234 e. The molecule has 4 rings (SSSR count). The number of methoxy groups -OCH3 is 1. The lowest BCUT2D eigenvalue weighted by molar-refractivity contribution is -0.113. The van der Waals surface area contributed by atoms with Gasteiger partial charge < -0.3 is 25.5 Å². The van der Waals surface area contributed by atoms with Crippen LogP contribution in [0, 0.1) is 0 Å². The van der Waals surface area contributed by atoms with Crippen LogP contribution in [0.15, 0.2) is 53.7 Å². The van der Waals surface area contributed by atoms with Crippen LogP contribution in [0.25, 0.3) is 0 Å². The number of nitrogen functional groups attached to an aromatic ring is 1. The van der Waals surface area contributed by atoms with Crippen molar-refractivity contribution in [2.45, 2.75) is 24.6 Å². The molecule has 0 bridgehead atoms. The number of carbonyl (C=O) groups excluding carboxylic acids is 1. The van der Waals surface area contributed by atoms with Crippen LogP contribution in [-0.4, -0.2) is 46.7 Å². The number of thioether (sulfide) groups is 1. The molecular formula is C22H26N6O3S. The van der Waals surface area contributed by atoms with E-state index in [1.54, 1.807) is 13.2 Å². The van der Waals surface area contributed by atoms with Crippen molar-refractivity contribution in [3.63, 3.8) is 0 Å². The molecule has 1 fully saturated rings. The molecule has 0 spiro atoms. The van der Waals surface area contributed by atoms with E-state index < -0.39 is 0 Å². The summed E-state index contributed by atoms with van der Waals surface area (Å²) in [5, 5.41) is 11.5. The number of ether oxygens (including phenoxy) is 2. The third-order valence-electron chi connectivity index (χ3n) is 5.10. The first kappa shape index (κ1) is 21.8. The van der Waals surface area contributed by atoms with Crippen molar-refractivity contribution >= 4 is 29.0 Å². The van der Waals surface area contributed by atoms with E-state index in [9.17, 15) is 4.79 Å². The Kier molecular flexibility index (Phi) is 7.00. The highest BCUT2D eigenvalue weighted by atomic mass is 32.2. The highest BCUT2D eigenvalue weighted by Crippen LogP contribution is 2.23. The predicted molar refractivity (Wildman–Crippen MR) is 125 cm³/mol. The second-order valence-corrected chi connectivity index (χ2v) is 8.26. The van der Waals surface area contributed by atoms with Crippen LogP contribution < -0.4 is 25.5 Å². The largest absolute Gasteiger partial charge is 0.497 e. The number of hydrogen-bond donors (Lipinski definition) is 2. The average Bonchev–Trinajstić information content (AvgIpc) is 3.47. The fourth-order valence-corrected chi connectivity index (χ4v) is 4.08. The second-order valence-electron chi connectivity index (χ2n) is 7.31. The SMILES string of the molecule is COc1cccc(OCc2nnc(SCC(=O)Nc3ccc(N4CCCC4)cc3)n2N)c1. The van der Waals surface area contributed by atoms with E-state index >= 15 is 0 Å². The van der Waals surface area contributed by atoms with Gasteiger partial charge in [0.2, 0.25) is 11.1 Å². The molecular weight excluding hydrogens is 428 g/mol. The monoisotopic (exact) mass is 454 g/mol. The predicted octanol–water partition coefficient (Wildman–Crippen LogP) is 2.91. The Labute approximate surface area is 190 Å². The number of nitrogens with two attached hydrogens (primary N) is 1. The summed E-state index contributed by atoms with van der Waals surface area (Å²) in [6.45, 7) is 2.33. The molecule has 2 aromatic carbocycles. The Morgan fingerprint density at radius 1 is 1.12 bits per heavy atom. The number of hydrogen-bond acceptors (Lipinski definition) is 8. The van der Waals surface area contributed by atoms with Gasteiger partial charge >= 0.3 is 0 Å². The highest BCUT2D eigenvalue weighted by molar-refractivity contribution is 7.99. The molecule has 1 aromatic heterocycles. The van der Waals surface area contributed by atoms with Gasteiger partial charge in [0.05, 0.1) is 12.9 Å². The van der Waals surface area contributed by atoms with Gasteiger partial charge in [-0.05, 0) is 49.2 Å². The molecule has 3 N–H and O–H groups in total. The van der Waals surface area contributed by atoms with Gasteiger partial charge in [0.1, 0.15) is 18.1 Å². The number of aromatic nitrogens is 3. The molecule has 1 aliphatic rings. The topological polar surface area (TPSA) is 108 Å². The maximum absolute atomic E-state index is 12.3. The normalized spacial score (nSPS) is 13.2. The molecule has 9 nitrogen and oxygen atoms in total. The first-order chi connectivity index (χ1) is 15.6. The molecule has 1 aliphatic heterocycles. The Bertz CT molecular complexity index is 1050. The van der Waals surface area contributed by atoms with Crippen molar-refractivity contribution in [2.75, 3.05) is 42.0 Å². The molecule has 10 heteroatoms. The van der Waals surface area contributed by atoms with Crippen LogP contribution in [0.4, 0.5) is 11.4 Å². The van der Waals surface area contributed by atoms with E-state index in [4.69, 9.17) is 15.3 Å². The Balaban J connectivity index is 1.26. The molecule has 32 heavy (non-hydrogen) atoms. The average molecular weight is 455 g/mol. The quantitative estimate of drug-likeness (QED) is 0.375. The Morgan fingerprint density at radius 3 is 2.62 bits per heavy atom. The number of nitrogens with zero attached hydrogens (tertiary/aromatic N) is 4. The molecule has 168 valence electrons. The van der Waals surface area contributed by atoms with Gasteiger partial charge in [0.25, 0.3) is 0 Å². The van der Waals surface area contributed by atoms with Gasteiger partial charge in [-0.25, -0.2) is 4.68 Å². The summed E-state index contributed by atoms with van der Waals surface area (Å²) in [7, 11) is 1.60. The zero-order valence-corrected chi connectivity index (χ0v) is 18.7. The van der Waals surface area contributed by atoms with Crippen LogP contribution in [0.1, 0.15) is 18.7 Å². The van der Waals surface area contributed by atoms with E-state index in [2.05, 4.69) is 20.4 Å². The minimum Gasteiger partial charge on any atom is -0.497 e. The van der Waals surface area contributed by atoms with Gasteiger partial charge in [-0.3, -0.25) is 4.79 Å². The zero-order chi connectivity index (χ0) is 22.3. The van der Waals surface area contributed by atoms with Gasteiger partial charge in [-0.15, -0.1) is 10.2 Å². The standard InChI is InChI=1S/C22H26N6O3S/c1-30-18-5-4-6-19(13-18)31-14-20-25-26-22(28(20)23)32-15-21(29)24-16-7-9-17(10-8-16)27-11-2-3-12-27/h4-10,13H,2-3,11-12,14-15,23H2,1H3,(H,24,29). The van der Waals surface area contributed by atoms with Gasteiger partial charge in [0.15, 0.2) is 5.82 Å². The third kappa shape index (κ3) is 5.44. The number of anilines is 2. The van der Waals surface area contributed by atoms with Crippen molar-refractivity contribution in [1.82, 2.24) is 14.9 Å². The molecule has 3 aromatic rings. The first-order valence-electron chi connectivity index (χ1n) is 10.4. The maximum atomic E-state index is 12.3. The minimum absolute atomic E-state index is 0.138. The molecule has 0 atom stereocenters. The lowest BCUT2D eigenvalue weighted by Crippen LogP contribution is -2.18. The summed E-state index contributed by atoms with van der Waals surface area (Å²) in [5.41, 5.74) is 1.95. The highest BCUT2D eigenvalue weighted by Gasteiger charge is 2.14. The summed E-state index contributed by atoms with van der Waals surface area (Å²) >= 11 is 1.22. The molecule has 1 saturated heterocycles. The van der Waals surface area contributed by atoms with Crippen molar-refractivity contribution < 1.29 is 14.3 Å². The second kappa shape index (κ2) is 10.3. The minimum atomic E-state index is -0.138. The Hall–Kier alpha value is -3.40. The van der Waals surface area contributed by atoms with Crippen LogP contribution in [0.5, 0.6) is 11.5 Å². The summed E-state index contributed by atoms with van der Waals surface area (Å²) in [6, 6.07) is 15.2. The van der Waals surface area contributed by atoms with Gasteiger partial charge in [0, 0.05) is 30.5 Å². The molecule has 0 aliphatic carbocycles.